The molecular formula is C21H28BrNO2. The van der Waals surface area contributed by atoms with Crippen LogP contribution < -0.4 is 14.8 Å². The molecule has 0 amide bonds. The van der Waals surface area contributed by atoms with Gasteiger partial charge in [0.1, 0.15) is 0 Å². The summed E-state index contributed by atoms with van der Waals surface area (Å²) in [7, 11) is 1.68. The van der Waals surface area contributed by atoms with E-state index in [2.05, 4.69) is 71.5 Å². The van der Waals surface area contributed by atoms with Crippen LogP contribution in [-0.2, 0) is 13.0 Å². The first-order chi connectivity index (χ1) is 12.1. The lowest BCUT2D eigenvalue weighted by Crippen LogP contribution is -2.26. The zero-order valence-electron chi connectivity index (χ0n) is 15.3. The number of nitrogens with one attached hydrogen (secondary N) is 1. The number of halogens is 1. The van der Waals surface area contributed by atoms with Crippen LogP contribution in [0.15, 0.2) is 46.9 Å². The zero-order chi connectivity index (χ0) is 18.1. The first-order valence-corrected chi connectivity index (χ1v) is 9.69. The summed E-state index contributed by atoms with van der Waals surface area (Å²) in [6.07, 6.45) is 3.15. The van der Waals surface area contributed by atoms with E-state index < -0.39 is 0 Å². The monoisotopic (exact) mass is 405 g/mol. The molecule has 0 aromatic heterocycles. The average Bonchev–Trinajstić information content (AvgIpc) is 2.64. The SMILES string of the molecule is CCCOc1c(CN[C@H](C)CCc2ccccc2)cc(Br)cc1OC. The minimum atomic E-state index is 0.421. The molecule has 0 fully saturated rings. The minimum absolute atomic E-state index is 0.421. The second kappa shape index (κ2) is 10.5. The molecule has 2 rings (SSSR count). The summed E-state index contributed by atoms with van der Waals surface area (Å²) in [5.41, 5.74) is 2.50. The van der Waals surface area contributed by atoms with Crippen molar-refractivity contribution in [2.45, 2.75) is 45.7 Å². The van der Waals surface area contributed by atoms with Crippen LogP contribution in [-0.4, -0.2) is 19.8 Å². The van der Waals surface area contributed by atoms with E-state index in [-0.39, 0.29) is 0 Å². The molecule has 0 aliphatic rings. The third-order valence-corrected chi connectivity index (χ3v) is 4.57. The van der Waals surface area contributed by atoms with Crippen molar-refractivity contribution in [3.63, 3.8) is 0 Å². The van der Waals surface area contributed by atoms with Crippen molar-refractivity contribution < 1.29 is 9.47 Å². The Balaban J connectivity index is 1.97. The standard InChI is InChI=1S/C21H28BrNO2/c1-4-12-25-21-18(13-19(22)14-20(21)24-3)15-23-16(2)10-11-17-8-6-5-7-9-17/h5-9,13-14,16,23H,4,10-12,15H2,1-3H3/t16-/m1/s1. The summed E-state index contributed by atoms with van der Waals surface area (Å²) in [5, 5.41) is 3.61. The molecule has 0 saturated heterocycles. The van der Waals surface area contributed by atoms with Gasteiger partial charge in [0.15, 0.2) is 11.5 Å². The molecule has 1 atom stereocenters. The van der Waals surface area contributed by atoms with Crippen LogP contribution in [0.25, 0.3) is 0 Å². The fourth-order valence-electron chi connectivity index (χ4n) is 2.69. The highest BCUT2D eigenvalue weighted by Gasteiger charge is 2.13. The van der Waals surface area contributed by atoms with E-state index in [1.165, 1.54) is 5.56 Å². The molecule has 0 bridgehead atoms. The summed E-state index contributed by atoms with van der Waals surface area (Å²) in [5.74, 6) is 1.62. The molecule has 0 radical (unpaired) electrons. The van der Waals surface area contributed by atoms with Crippen molar-refractivity contribution in [1.29, 1.82) is 0 Å². The molecule has 2 aromatic carbocycles. The molecule has 0 spiro atoms. The van der Waals surface area contributed by atoms with Crippen molar-refractivity contribution in [1.82, 2.24) is 5.32 Å². The van der Waals surface area contributed by atoms with Gasteiger partial charge < -0.3 is 14.8 Å². The van der Waals surface area contributed by atoms with Crippen LogP contribution in [0.5, 0.6) is 11.5 Å². The van der Waals surface area contributed by atoms with Crippen LogP contribution in [0.2, 0.25) is 0 Å². The lowest BCUT2D eigenvalue weighted by Gasteiger charge is -2.18. The van der Waals surface area contributed by atoms with E-state index in [0.29, 0.717) is 12.6 Å². The molecular weight excluding hydrogens is 378 g/mol. The molecule has 2 aromatic rings. The van der Waals surface area contributed by atoms with Gasteiger partial charge in [-0.1, -0.05) is 53.2 Å². The molecule has 0 aliphatic heterocycles. The Hall–Kier alpha value is -1.52. The highest BCUT2D eigenvalue weighted by Crippen LogP contribution is 2.35. The lowest BCUT2D eigenvalue weighted by atomic mass is 10.1. The second-order valence-electron chi connectivity index (χ2n) is 6.25. The Bertz CT molecular complexity index is 646. The Kier molecular flexibility index (Phi) is 8.29. The van der Waals surface area contributed by atoms with Crippen molar-refractivity contribution in [3.8, 4) is 11.5 Å². The third-order valence-electron chi connectivity index (χ3n) is 4.12. The van der Waals surface area contributed by atoms with E-state index >= 15 is 0 Å². The topological polar surface area (TPSA) is 30.5 Å². The van der Waals surface area contributed by atoms with Gasteiger partial charge in [-0.3, -0.25) is 0 Å². The van der Waals surface area contributed by atoms with Crippen molar-refractivity contribution in [3.05, 3.63) is 58.1 Å². The number of hydrogen-bond donors (Lipinski definition) is 1. The first-order valence-electron chi connectivity index (χ1n) is 8.90. The minimum Gasteiger partial charge on any atom is -0.493 e. The molecule has 0 aliphatic carbocycles. The zero-order valence-corrected chi connectivity index (χ0v) is 16.9. The number of ether oxygens (including phenoxy) is 2. The van der Waals surface area contributed by atoms with E-state index in [1.807, 2.05) is 6.07 Å². The molecule has 1 N–H and O–H groups in total. The number of methoxy groups -OCH3 is 1. The quantitative estimate of drug-likeness (QED) is 0.577. The van der Waals surface area contributed by atoms with Crippen molar-refractivity contribution in [2.24, 2.45) is 0 Å². The second-order valence-corrected chi connectivity index (χ2v) is 7.17. The molecule has 0 heterocycles. The smallest absolute Gasteiger partial charge is 0.165 e. The molecule has 3 nitrogen and oxygen atoms in total. The Labute approximate surface area is 159 Å². The molecule has 4 heteroatoms. The van der Waals surface area contributed by atoms with Gasteiger partial charge in [-0.25, -0.2) is 0 Å². The van der Waals surface area contributed by atoms with E-state index in [9.17, 15) is 0 Å². The van der Waals surface area contributed by atoms with Gasteiger partial charge in [0.2, 0.25) is 0 Å². The average molecular weight is 406 g/mol. The highest BCUT2D eigenvalue weighted by molar-refractivity contribution is 9.10. The van der Waals surface area contributed by atoms with E-state index in [4.69, 9.17) is 9.47 Å². The van der Waals surface area contributed by atoms with Crippen molar-refractivity contribution >= 4 is 15.9 Å². The van der Waals surface area contributed by atoms with Crippen molar-refractivity contribution in [2.75, 3.05) is 13.7 Å². The van der Waals surface area contributed by atoms with Gasteiger partial charge in [-0.05, 0) is 43.9 Å². The van der Waals surface area contributed by atoms with Gasteiger partial charge in [-0.15, -0.1) is 0 Å². The first kappa shape index (κ1) is 19.8. The van der Waals surface area contributed by atoms with Crippen LogP contribution in [0.4, 0.5) is 0 Å². The van der Waals surface area contributed by atoms with Gasteiger partial charge in [0.05, 0.1) is 13.7 Å². The normalized spacial score (nSPS) is 12.0. The Morgan fingerprint density at radius 3 is 2.60 bits per heavy atom. The van der Waals surface area contributed by atoms with Crippen LogP contribution in [0, 0.1) is 0 Å². The van der Waals surface area contributed by atoms with Crippen LogP contribution in [0.1, 0.15) is 37.8 Å². The maximum atomic E-state index is 5.94. The summed E-state index contributed by atoms with van der Waals surface area (Å²) in [4.78, 5) is 0. The Morgan fingerprint density at radius 2 is 1.92 bits per heavy atom. The van der Waals surface area contributed by atoms with Gasteiger partial charge in [-0.2, -0.15) is 0 Å². The summed E-state index contributed by atoms with van der Waals surface area (Å²) < 4.78 is 12.4. The number of benzene rings is 2. The van der Waals surface area contributed by atoms with Gasteiger partial charge in [0.25, 0.3) is 0 Å². The number of aryl methyl sites for hydroxylation is 1. The summed E-state index contributed by atoms with van der Waals surface area (Å²) in [6.45, 7) is 5.78. The summed E-state index contributed by atoms with van der Waals surface area (Å²) >= 11 is 3.56. The fourth-order valence-corrected chi connectivity index (χ4v) is 3.17. The van der Waals surface area contributed by atoms with Crippen LogP contribution in [0.3, 0.4) is 0 Å². The summed E-state index contributed by atoms with van der Waals surface area (Å²) in [6, 6.07) is 15.1. The lowest BCUT2D eigenvalue weighted by molar-refractivity contribution is 0.289. The maximum absolute atomic E-state index is 5.94. The molecule has 0 unspecified atom stereocenters. The van der Waals surface area contributed by atoms with E-state index in [0.717, 1.165) is 47.3 Å². The van der Waals surface area contributed by atoms with E-state index in [1.54, 1.807) is 7.11 Å². The van der Waals surface area contributed by atoms with Crippen LogP contribution >= 0.6 is 15.9 Å². The van der Waals surface area contributed by atoms with Gasteiger partial charge in [0, 0.05) is 22.6 Å². The van der Waals surface area contributed by atoms with Gasteiger partial charge >= 0.3 is 0 Å². The fraction of sp³-hybridized carbons (Fsp3) is 0.429. The predicted octanol–water partition coefficient (Wildman–Crippen LogP) is 5.36. The molecule has 25 heavy (non-hydrogen) atoms. The number of hydrogen-bond acceptors (Lipinski definition) is 3. The third kappa shape index (κ3) is 6.37. The Morgan fingerprint density at radius 1 is 1.16 bits per heavy atom. The molecule has 136 valence electrons. The molecule has 0 saturated carbocycles. The highest BCUT2D eigenvalue weighted by atomic mass is 79.9. The maximum Gasteiger partial charge on any atom is 0.165 e. The largest absolute Gasteiger partial charge is 0.493 e. The predicted molar refractivity (Wildman–Crippen MR) is 108 cm³/mol. The number of rotatable bonds is 10.